The van der Waals surface area contributed by atoms with Crippen molar-refractivity contribution in [2.45, 2.75) is 19.9 Å². The Hall–Kier alpha value is -3.97. The molecule has 0 bridgehead atoms. The van der Waals surface area contributed by atoms with Gasteiger partial charge in [-0.05, 0) is 53.4 Å². The summed E-state index contributed by atoms with van der Waals surface area (Å²) in [6.45, 7) is 2.50. The van der Waals surface area contributed by atoms with E-state index in [2.05, 4.69) is 15.5 Å². The number of aromatic amines is 1. The van der Waals surface area contributed by atoms with Gasteiger partial charge in [0.1, 0.15) is 0 Å². The minimum atomic E-state index is -0.338. The fourth-order valence-corrected chi connectivity index (χ4v) is 3.65. The Morgan fingerprint density at radius 3 is 2.75 bits per heavy atom. The Bertz CT molecular complexity index is 1280. The van der Waals surface area contributed by atoms with Gasteiger partial charge in [0, 0.05) is 23.2 Å². The summed E-state index contributed by atoms with van der Waals surface area (Å²) in [5.74, 6) is -0.621. The van der Waals surface area contributed by atoms with E-state index in [0.29, 0.717) is 30.0 Å². The van der Waals surface area contributed by atoms with Crippen LogP contribution in [0.3, 0.4) is 0 Å². The van der Waals surface area contributed by atoms with E-state index < -0.39 is 0 Å². The van der Waals surface area contributed by atoms with Crippen LogP contribution in [0.15, 0.2) is 66.9 Å². The molecule has 0 aliphatic rings. The van der Waals surface area contributed by atoms with Crippen LogP contribution in [0, 0.1) is 0 Å². The third-order valence-corrected chi connectivity index (χ3v) is 5.20. The molecule has 7 nitrogen and oxygen atoms in total. The maximum atomic E-state index is 13.2. The van der Waals surface area contributed by atoms with Crippen molar-refractivity contribution >= 4 is 28.5 Å². The summed E-state index contributed by atoms with van der Waals surface area (Å²) in [4.78, 5) is 25.1. The van der Waals surface area contributed by atoms with Crippen molar-refractivity contribution in [3.63, 3.8) is 0 Å². The number of para-hydroxylation sites is 1. The standard InChI is InChI=1S/C25H24N4O3/c1-2-32-24(30)13-18-7-3-4-9-22(18)28-25(31)19-11-20(21-15-27-29-23(21)12-19)17-8-5-6-16(10-17)14-26/h3-12,15H,2,13-14,26H2,1H3,(H,27,29)(H,28,31). The number of hydrogen-bond acceptors (Lipinski definition) is 5. The summed E-state index contributed by atoms with van der Waals surface area (Å²) in [5, 5.41) is 10.9. The Balaban J connectivity index is 1.68. The number of carbonyl (C=O) groups is 2. The topological polar surface area (TPSA) is 110 Å². The molecule has 0 aliphatic carbocycles. The number of nitrogens with two attached hydrogens (primary N) is 1. The molecule has 1 amide bonds. The van der Waals surface area contributed by atoms with Crippen molar-refractivity contribution in [2.75, 3.05) is 11.9 Å². The minimum Gasteiger partial charge on any atom is -0.466 e. The second-order valence-corrected chi connectivity index (χ2v) is 7.35. The highest BCUT2D eigenvalue weighted by Gasteiger charge is 2.16. The van der Waals surface area contributed by atoms with Gasteiger partial charge < -0.3 is 15.8 Å². The van der Waals surface area contributed by atoms with Gasteiger partial charge >= 0.3 is 5.97 Å². The van der Waals surface area contributed by atoms with Gasteiger partial charge in [0.05, 0.1) is 24.7 Å². The summed E-state index contributed by atoms with van der Waals surface area (Å²) in [6.07, 6.45) is 1.83. The number of benzene rings is 3. The molecule has 3 aromatic carbocycles. The lowest BCUT2D eigenvalue weighted by Gasteiger charge is -2.12. The third-order valence-electron chi connectivity index (χ3n) is 5.20. The molecule has 4 N–H and O–H groups in total. The molecule has 0 saturated carbocycles. The Kier molecular flexibility index (Phi) is 6.28. The van der Waals surface area contributed by atoms with Crippen molar-refractivity contribution in [2.24, 2.45) is 5.73 Å². The number of rotatable bonds is 7. The molecule has 0 fully saturated rings. The largest absolute Gasteiger partial charge is 0.466 e. The lowest BCUT2D eigenvalue weighted by atomic mass is 9.97. The summed E-state index contributed by atoms with van der Waals surface area (Å²) < 4.78 is 5.04. The van der Waals surface area contributed by atoms with E-state index in [9.17, 15) is 9.59 Å². The first-order valence-corrected chi connectivity index (χ1v) is 10.4. The lowest BCUT2D eigenvalue weighted by molar-refractivity contribution is -0.142. The molecule has 0 saturated heterocycles. The number of esters is 1. The number of aromatic nitrogens is 2. The molecule has 0 radical (unpaired) electrons. The van der Waals surface area contributed by atoms with Gasteiger partial charge in [0.2, 0.25) is 0 Å². The van der Waals surface area contributed by atoms with Crippen molar-refractivity contribution in [3.8, 4) is 11.1 Å². The Labute approximate surface area is 185 Å². The highest BCUT2D eigenvalue weighted by molar-refractivity contribution is 6.09. The lowest BCUT2D eigenvalue weighted by Crippen LogP contribution is -2.15. The van der Waals surface area contributed by atoms with Gasteiger partial charge in [-0.25, -0.2) is 0 Å². The number of nitrogens with one attached hydrogen (secondary N) is 2. The van der Waals surface area contributed by atoms with Crippen LogP contribution in [-0.4, -0.2) is 28.7 Å². The molecule has 7 heteroatoms. The summed E-state index contributed by atoms with van der Waals surface area (Å²) in [6, 6.07) is 18.7. The first-order valence-electron chi connectivity index (χ1n) is 10.4. The molecule has 162 valence electrons. The van der Waals surface area contributed by atoms with Crippen LogP contribution >= 0.6 is 0 Å². The zero-order chi connectivity index (χ0) is 22.5. The van der Waals surface area contributed by atoms with E-state index in [1.165, 1.54) is 0 Å². The van der Waals surface area contributed by atoms with Gasteiger partial charge in [-0.2, -0.15) is 5.10 Å². The molecule has 0 atom stereocenters. The average Bonchev–Trinajstić information content (AvgIpc) is 3.28. The third kappa shape index (κ3) is 4.53. The van der Waals surface area contributed by atoms with E-state index in [1.54, 1.807) is 31.3 Å². The normalized spacial score (nSPS) is 10.8. The van der Waals surface area contributed by atoms with Gasteiger partial charge in [0.15, 0.2) is 0 Å². The molecule has 4 aromatic rings. The number of H-pyrrole nitrogens is 1. The first kappa shape index (κ1) is 21.3. The van der Waals surface area contributed by atoms with E-state index >= 15 is 0 Å². The quantitative estimate of drug-likeness (QED) is 0.385. The fourth-order valence-electron chi connectivity index (χ4n) is 3.65. The summed E-state index contributed by atoms with van der Waals surface area (Å²) in [5.41, 5.74) is 11.1. The van der Waals surface area contributed by atoms with Crippen LogP contribution in [-0.2, 0) is 22.5 Å². The average molecular weight is 428 g/mol. The number of carbonyl (C=O) groups excluding carboxylic acids is 2. The number of fused-ring (bicyclic) bond motifs is 1. The molecule has 0 unspecified atom stereocenters. The van der Waals surface area contributed by atoms with Crippen molar-refractivity contribution in [3.05, 3.63) is 83.6 Å². The molecule has 1 aromatic heterocycles. The fraction of sp³-hybridized carbons (Fsp3) is 0.160. The molecular weight excluding hydrogens is 404 g/mol. The zero-order valence-corrected chi connectivity index (χ0v) is 17.7. The molecule has 0 aliphatic heterocycles. The number of amides is 1. The smallest absolute Gasteiger partial charge is 0.310 e. The predicted octanol–water partition coefficient (Wildman–Crippen LogP) is 4.05. The maximum Gasteiger partial charge on any atom is 0.310 e. The number of nitrogens with zero attached hydrogens (tertiary/aromatic N) is 1. The number of ether oxygens (including phenoxy) is 1. The van der Waals surface area contributed by atoms with Gasteiger partial charge in [-0.15, -0.1) is 0 Å². The van der Waals surface area contributed by atoms with Gasteiger partial charge in [-0.1, -0.05) is 36.4 Å². The first-order chi connectivity index (χ1) is 15.6. The van der Waals surface area contributed by atoms with E-state index in [0.717, 1.165) is 27.6 Å². The van der Waals surface area contributed by atoms with E-state index in [4.69, 9.17) is 10.5 Å². The molecule has 32 heavy (non-hydrogen) atoms. The van der Waals surface area contributed by atoms with Crippen LogP contribution in [0.25, 0.3) is 22.0 Å². The molecule has 0 spiro atoms. The minimum absolute atomic E-state index is 0.0843. The van der Waals surface area contributed by atoms with Crippen LogP contribution in [0.1, 0.15) is 28.4 Å². The van der Waals surface area contributed by atoms with Crippen molar-refractivity contribution in [1.82, 2.24) is 10.2 Å². The van der Waals surface area contributed by atoms with Gasteiger partial charge in [-0.3, -0.25) is 14.7 Å². The van der Waals surface area contributed by atoms with Crippen LogP contribution in [0.5, 0.6) is 0 Å². The van der Waals surface area contributed by atoms with E-state index in [-0.39, 0.29) is 18.3 Å². The Morgan fingerprint density at radius 1 is 1.09 bits per heavy atom. The Morgan fingerprint density at radius 2 is 1.94 bits per heavy atom. The predicted molar refractivity (Wildman–Crippen MR) is 124 cm³/mol. The second-order valence-electron chi connectivity index (χ2n) is 7.35. The molecular formula is C25H24N4O3. The second kappa shape index (κ2) is 9.45. The van der Waals surface area contributed by atoms with Gasteiger partial charge in [0.25, 0.3) is 5.91 Å². The number of anilines is 1. The molecule has 1 heterocycles. The zero-order valence-electron chi connectivity index (χ0n) is 17.7. The number of hydrogen-bond donors (Lipinski definition) is 3. The molecule has 4 rings (SSSR count). The highest BCUT2D eigenvalue weighted by Crippen LogP contribution is 2.30. The van der Waals surface area contributed by atoms with E-state index in [1.807, 2.05) is 42.5 Å². The van der Waals surface area contributed by atoms with Crippen LogP contribution < -0.4 is 11.1 Å². The maximum absolute atomic E-state index is 13.2. The van der Waals surface area contributed by atoms with Crippen LogP contribution in [0.4, 0.5) is 5.69 Å². The van der Waals surface area contributed by atoms with Crippen molar-refractivity contribution in [1.29, 1.82) is 0 Å². The SMILES string of the molecule is CCOC(=O)Cc1ccccc1NC(=O)c1cc(-c2cccc(CN)c2)c2cn[nH]c2c1. The highest BCUT2D eigenvalue weighted by atomic mass is 16.5. The summed E-state index contributed by atoms with van der Waals surface area (Å²) >= 11 is 0. The summed E-state index contributed by atoms with van der Waals surface area (Å²) in [7, 11) is 0. The monoisotopic (exact) mass is 428 g/mol. The van der Waals surface area contributed by atoms with Crippen LogP contribution in [0.2, 0.25) is 0 Å². The van der Waals surface area contributed by atoms with Crippen molar-refractivity contribution < 1.29 is 14.3 Å².